The Hall–Kier alpha value is -3.14. The van der Waals surface area contributed by atoms with Crippen LogP contribution in [0.4, 0.5) is 11.4 Å². The maximum absolute atomic E-state index is 4.72. The van der Waals surface area contributed by atoms with Crippen molar-refractivity contribution in [2.24, 2.45) is 0 Å². The molecule has 0 saturated carbocycles. The highest BCUT2D eigenvalue weighted by molar-refractivity contribution is 5.94. The van der Waals surface area contributed by atoms with Crippen molar-refractivity contribution in [2.45, 2.75) is 53.4 Å². The van der Waals surface area contributed by atoms with Gasteiger partial charge in [0, 0.05) is 46.6 Å². The number of nitrogens with one attached hydrogen (secondary N) is 2. The second kappa shape index (κ2) is 9.99. The number of rotatable bonds is 9. The monoisotopic (exact) mass is 426 g/mol. The summed E-state index contributed by atoms with van der Waals surface area (Å²) in [4.78, 5) is 9.43. The Labute approximate surface area is 191 Å². The average Bonchev–Trinajstić information content (AvgIpc) is 2.77. The van der Waals surface area contributed by atoms with Gasteiger partial charge >= 0.3 is 0 Å². The molecular weight excluding hydrogens is 392 g/mol. The van der Waals surface area contributed by atoms with E-state index in [1.54, 1.807) is 0 Å². The summed E-state index contributed by atoms with van der Waals surface area (Å²) in [6.07, 6.45) is 4.80. The topological polar surface area (TPSA) is 49.8 Å². The standard InChI is InChI=1S/C28H34N4/c1-19-11-9-13-23-25(17-21(3)31-27(19)23)29-15-7-5-6-8-16-30-26-18-22(4)32-28-20(2)12-10-14-24(26)28/h9-14,17-18H,5-8,15-16H2,1-4H3,(H,29,31)(H,30,32). The molecule has 0 amide bonds. The van der Waals surface area contributed by atoms with Gasteiger partial charge in [-0.1, -0.05) is 49.2 Å². The van der Waals surface area contributed by atoms with Crippen LogP contribution >= 0.6 is 0 Å². The largest absolute Gasteiger partial charge is 0.384 e. The highest BCUT2D eigenvalue weighted by Crippen LogP contribution is 2.26. The number of hydrogen-bond donors (Lipinski definition) is 2. The third-order valence-electron chi connectivity index (χ3n) is 6.07. The first-order valence-electron chi connectivity index (χ1n) is 11.7. The van der Waals surface area contributed by atoms with E-state index in [2.05, 4.69) is 86.9 Å². The van der Waals surface area contributed by atoms with Gasteiger partial charge in [0.15, 0.2) is 0 Å². The maximum Gasteiger partial charge on any atom is 0.0755 e. The predicted molar refractivity (Wildman–Crippen MR) is 138 cm³/mol. The van der Waals surface area contributed by atoms with Crippen LogP contribution in [-0.2, 0) is 0 Å². The number of hydrogen-bond acceptors (Lipinski definition) is 4. The van der Waals surface area contributed by atoms with Gasteiger partial charge in [0.05, 0.1) is 11.0 Å². The highest BCUT2D eigenvalue weighted by Gasteiger charge is 2.07. The minimum atomic E-state index is 0.993. The normalized spacial score (nSPS) is 11.2. The van der Waals surface area contributed by atoms with Crippen molar-refractivity contribution in [2.75, 3.05) is 23.7 Å². The number of aryl methyl sites for hydroxylation is 4. The first-order valence-corrected chi connectivity index (χ1v) is 11.7. The lowest BCUT2D eigenvalue weighted by atomic mass is 10.1. The Morgan fingerprint density at radius 2 is 1.03 bits per heavy atom. The summed E-state index contributed by atoms with van der Waals surface area (Å²) in [7, 11) is 0. The summed E-state index contributed by atoms with van der Waals surface area (Å²) in [5, 5.41) is 9.72. The SMILES string of the molecule is Cc1cc(NCCCCCCNc2cc(C)nc3c(C)cccc23)c2cccc(C)c2n1. The Kier molecular flexibility index (Phi) is 6.89. The summed E-state index contributed by atoms with van der Waals surface area (Å²) in [5.74, 6) is 0. The molecule has 0 spiro atoms. The smallest absolute Gasteiger partial charge is 0.0755 e. The summed E-state index contributed by atoms with van der Waals surface area (Å²) < 4.78 is 0. The van der Waals surface area contributed by atoms with E-state index in [4.69, 9.17) is 9.97 Å². The molecule has 0 saturated heterocycles. The summed E-state index contributed by atoms with van der Waals surface area (Å²) in [6.45, 7) is 10.4. The molecule has 0 aliphatic heterocycles. The number of aromatic nitrogens is 2. The van der Waals surface area contributed by atoms with E-state index in [0.29, 0.717) is 0 Å². The number of pyridine rings is 2. The van der Waals surface area contributed by atoms with Crippen molar-refractivity contribution in [3.8, 4) is 0 Å². The minimum Gasteiger partial charge on any atom is -0.384 e. The van der Waals surface area contributed by atoms with Crippen LogP contribution in [0.25, 0.3) is 21.8 Å². The van der Waals surface area contributed by atoms with Crippen molar-refractivity contribution in [1.82, 2.24) is 9.97 Å². The molecule has 0 atom stereocenters. The fraction of sp³-hybridized carbons (Fsp3) is 0.357. The molecule has 4 aromatic rings. The fourth-order valence-corrected chi connectivity index (χ4v) is 4.38. The lowest BCUT2D eigenvalue weighted by molar-refractivity contribution is 0.671. The predicted octanol–water partition coefficient (Wildman–Crippen LogP) is 7.10. The quantitative estimate of drug-likeness (QED) is 0.280. The molecule has 0 aliphatic carbocycles. The molecule has 32 heavy (non-hydrogen) atoms. The van der Waals surface area contributed by atoms with Crippen LogP contribution < -0.4 is 10.6 Å². The van der Waals surface area contributed by atoms with Crippen molar-refractivity contribution < 1.29 is 0 Å². The second-order valence-corrected chi connectivity index (χ2v) is 8.83. The number of nitrogens with zero attached hydrogens (tertiary/aromatic N) is 2. The molecule has 0 fully saturated rings. The Morgan fingerprint density at radius 3 is 1.47 bits per heavy atom. The fourth-order valence-electron chi connectivity index (χ4n) is 4.38. The molecule has 0 aliphatic rings. The van der Waals surface area contributed by atoms with E-state index < -0.39 is 0 Å². The van der Waals surface area contributed by atoms with Gasteiger partial charge in [-0.3, -0.25) is 9.97 Å². The van der Waals surface area contributed by atoms with Crippen LogP contribution in [0.15, 0.2) is 48.5 Å². The van der Waals surface area contributed by atoms with Gasteiger partial charge in [-0.05, 0) is 63.8 Å². The van der Waals surface area contributed by atoms with Gasteiger partial charge in [-0.2, -0.15) is 0 Å². The molecule has 0 radical (unpaired) electrons. The van der Waals surface area contributed by atoms with Crippen molar-refractivity contribution >= 4 is 33.2 Å². The molecule has 0 unspecified atom stereocenters. The van der Waals surface area contributed by atoms with E-state index in [1.807, 2.05) is 0 Å². The Bertz CT molecular complexity index is 1130. The minimum absolute atomic E-state index is 0.993. The van der Waals surface area contributed by atoms with E-state index in [1.165, 1.54) is 59.0 Å². The van der Waals surface area contributed by atoms with Crippen LogP contribution in [0.5, 0.6) is 0 Å². The van der Waals surface area contributed by atoms with E-state index in [0.717, 1.165) is 35.5 Å². The zero-order valence-electron chi connectivity index (χ0n) is 19.8. The van der Waals surface area contributed by atoms with Crippen molar-refractivity contribution in [3.63, 3.8) is 0 Å². The van der Waals surface area contributed by atoms with Crippen LogP contribution in [0.1, 0.15) is 48.2 Å². The first kappa shape index (κ1) is 22.1. The molecule has 166 valence electrons. The zero-order valence-corrected chi connectivity index (χ0v) is 19.8. The number of benzene rings is 2. The lowest BCUT2D eigenvalue weighted by Crippen LogP contribution is -2.05. The van der Waals surface area contributed by atoms with E-state index >= 15 is 0 Å². The van der Waals surface area contributed by atoms with Gasteiger partial charge in [-0.15, -0.1) is 0 Å². The van der Waals surface area contributed by atoms with E-state index in [9.17, 15) is 0 Å². The molecule has 2 N–H and O–H groups in total. The molecule has 4 nitrogen and oxygen atoms in total. The molecule has 2 aromatic heterocycles. The molecule has 4 rings (SSSR count). The third kappa shape index (κ3) is 5.01. The molecular formula is C28H34N4. The van der Waals surface area contributed by atoms with Gasteiger partial charge < -0.3 is 10.6 Å². The number of anilines is 2. The molecule has 2 aromatic carbocycles. The van der Waals surface area contributed by atoms with Gasteiger partial charge in [-0.25, -0.2) is 0 Å². The summed E-state index contributed by atoms with van der Waals surface area (Å²) in [5.41, 5.74) is 9.21. The third-order valence-corrected chi connectivity index (χ3v) is 6.07. The average molecular weight is 427 g/mol. The Morgan fingerprint density at radius 1 is 0.594 bits per heavy atom. The highest BCUT2D eigenvalue weighted by atomic mass is 14.9. The summed E-state index contributed by atoms with van der Waals surface area (Å²) >= 11 is 0. The van der Waals surface area contributed by atoms with Gasteiger partial charge in [0.2, 0.25) is 0 Å². The van der Waals surface area contributed by atoms with Crippen LogP contribution in [0, 0.1) is 27.7 Å². The number of para-hydroxylation sites is 2. The number of unbranched alkanes of at least 4 members (excludes halogenated alkanes) is 3. The van der Waals surface area contributed by atoms with Crippen molar-refractivity contribution in [1.29, 1.82) is 0 Å². The van der Waals surface area contributed by atoms with Gasteiger partial charge in [0.1, 0.15) is 0 Å². The maximum atomic E-state index is 4.72. The first-order chi connectivity index (χ1) is 15.5. The van der Waals surface area contributed by atoms with Crippen LogP contribution in [0.2, 0.25) is 0 Å². The molecule has 4 heteroatoms. The van der Waals surface area contributed by atoms with Crippen molar-refractivity contribution in [3.05, 3.63) is 71.0 Å². The second-order valence-electron chi connectivity index (χ2n) is 8.83. The van der Waals surface area contributed by atoms with Gasteiger partial charge in [0.25, 0.3) is 0 Å². The van der Waals surface area contributed by atoms with Crippen LogP contribution in [-0.4, -0.2) is 23.1 Å². The van der Waals surface area contributed by atoms with E-state index in [-0.39, 0.29) is 0 Å². The lowest BCUT2D eigenvalue weighted by Gasteiger charge is -2.13. The Balaban J connectivity index is 1.23. The number of fused-ring (bicyclic) bond motifs is 2. The summed E-state index contributed by atoms with van der Waals surface area (Å²) in [6, 6.07) is 17.1. The molecule has 2 heterocycles. The molecule has 0 bridgehead atoms. The zero-order chi connectivity index (χ0) is 22.5. The van der Waals surface area contributed by atoms with Crippen LogP contribution in [0.3, 0.4) is 0 Å².